The Kier molecular flexibility index (Phi) is 6.58. The second kappa shape index (κ2) is 9.43. The fourth-order valence-electron chi connectivity index (χ4n) is 4.61. The van der Waals surface area contributed by atoms with Gasteiger partial charge >= 0.3 is 5.97 Å². The number of aromatic nitrogens is 3. The highest BCUT2D eigenvalue weighted by molar-refractivity contribution is 7.15. The number of thiophene rings is 1. The van der Waals surface area contributed by atoms with Crippen LogP contribution in [0.25, 0.3) is 11.1 Å². The molecular weight excluding hydrogens is 448 g/mol. The molecule has 176 valence electrons. The molecule has 8 heteroatoms. The van der Waals surface area contributed by atoms with Crippen molar-refractivity contribution in [2.45, 2.75) is 60.3 Å². The van der Waals surface area contributed by atoms with Gasteiger partial charge in [-0.15, -0.1) is 11.3 Å². The molecule has 0 N–H and O–H groups in total. The summed E-state index contributed by atoms with van der Waals surface area (Å²) in [5, 5.41) is 14.8. The number of nitrogens with zero attached hydrogens (tertiary/aromatic N) is 4. The van der Waals surface area contributed by atoms with Crippen molar-refractivity contribution in [2.24, 2.45) is 0 Å². The Hall–Kier alpha value is -3.44. The molecule has 3 aromatic heterocycles. The first-order valence-corrected chi connectivity index (χ1v) is 12.3. The van der Waals surface area contributed by atoms with E-state index in [2.05, 4.69) is 5.10 Å². The van der Waals surface area contributed by atoms with Crippen LogP contribution in [-0.2, 0) is 17.6 Å². The van der Waals surface area contributed by atoms with Crippen LogP contribution in [-0.4, -0.2) is 32.8 Å². The van der Waals surface area contributed by atoms with Gasteiger partial charge in [0.1, 0.15) is 16.6 Å². The highest BCUT2D eigenvalue weighted by Crippen LogP contribution is 2.39. The van der Waals surface area contributed by atoms with Crippen molar-refractivity contribution in [3.05, 3.63) is 62.0 Å². The Labute approximate surface area is 203 Å². The average Bonchev–Trinajstić information content (AvgIpc) is 3.43. The topological polar surface area (TPSA) is 89.9 Å². The fourth-order valence-corrected chi connectivity index (χ4v) is 6.10. The summed E-state index contributed by atoms with van der Waals surface area (Å²) in [4.78, 5) is 27.2. The van der Waals surface area contributed by atoms with E-state index in [4.69, 9.17) is 4.74 Å². The van der Waals surface area contributed by atoms with Gasteiger partial charge in [0.2, 0.25) is 0 Å². The second-order valence-electron chi connectivity index (χ2n) is 8.59. The molecule has 0 amide bonds. The van der Waals surface area contributed by atoms with E-state index in [0.717, 1.165) is 58.9 Å². The molecule has 0 radical (unpaired) electrons. The number of hydrogen-bond acceptors (Lipinski definition) is 6. The monoisotopic (exact) mass is 476 g/mol. The van der Waals surface area contributed by atoms with Crippen LogP contribution < -0.4 is 0 Å². The molecule has 0 spiro atoms. The van der Waals surface area contributed by atoms with Crippen molar-refractivity contribution in [2.75, 3.05) is 6.61 Å². The predicted octanol–water partition coefficient (Wildman–Crippen LogP) is 5.27. The molecule has 0 fully saturated rings. The van der Waals surface area contributed by atoms with Gasteiger partial charge in [-0.1, -0.05) is 0 Å². The number of allylic oxidation sites excluding steroid dienone is 1. The average molecular weight is 477 g/mol. The molecule has 0 aromatic carbocycles. The first-order chi connectivity index (χ1) is 16.3. The van der Waals surface area contributed by atoms with Crippen LogP contribution in [0.2, 0.25) is 0 Å². The number of aryl methyl sites for hydroxylation is 4. The Morgan fingerprint density at radius 1 is 1.18 bits per heavy atom. The maximum absolute atomic E-state index is 13.0. The van der Waals surface area contributed by atoms with Crippen LogP contribution in [0.5, 0.6) is 0 Å². The Morgan fingerprint density at radius 3 is 2.56 bits per heavy atom. The molecule has 0 aliphatic heterocycles. The lowest BCUT2D eigenvalue weighted by atomic mass is 9.95. The van der Waals surface area contributed by atoms with Crippen molar-refractivity contribution < 1.29 is 14.3 Å². The van der Waals surface area contributed by atoms with E-state index in [1.54, 1.807) is 30.4 Å². The first kappa shape index (κ1) is 23.7. The fraction of sp³-hybridized carbons (Fsp3) is 0.385. The lowest BCUT2D eigenvalue weighted by molar-refractivity contribution is 0.0525. The van der Waals surface area contributed by atoms with Crippen LogP contribution >= 0.6 is 11.3 Å². The quantitative estimate of drug-likeness (QED) is 0.284. The minimum absolute atomic E-state index is 0.00235. The summed E-state index contributed by atoms with van der Waals surface area (Å²) in [6.07, 6.45) is 5.63. The van der Waals surface area contributed by atoms with E-state index in [1.807, 2.05) is 44.4 Å². The van der Waals surface area contributed by atoms with Crippen molar-refractivity contribution >= 4 is 29.3 Å². The van der Waals surface area contributed by atoms with E-state index < -0.39 is 5.91 Å². The summed E-state index contributed by atoms with van der Waals surface area (Å²) in [6, 6.07) is 5.78. The molecule has 4 rings (SSSR count). The largest absolute Gasteiger partial charge is 0.462 e. The van der Waals surface area contributed by atoms with Crippen molar-refractivity contribution in [3.63, 3.8) is 0 Å². The van der Waals surface area contributed by atoms with Gasteiger partial charge in [-0.3, -0.25) is 4.79 Å². The number of nitriles is 1. The third-order valence-corrected chi connectivity index (χ3v) is 7.44. The zero-order valence-corrected chi connectivity index (χ0v) is 21.0. The van der Waals surface area contributed by atoms with Crippen LogP contribution in [0, 0.1) is 39.0 Å². The van der Waals surface area contributed by atoms with Crippen LogP contribution in [0.15, 0.2) is 17.7 Å². The van der Waals surface area contributed by atoms with Crippen LogP contribution in [0.1, 0.15) is 73.7 Å². The number of fused-ring (bicyclic) bond motifs is 1. The Morgan fingerprint density at radius 2 is 1.91 bits per heavy atom. The van der Waals surface area contributed by atoms with E-state index in [-0.39, 0.29) is 11.5 Å². The Bertz CT molecular complexity index is 1360. The highest BCUT2D eigenvalue weighted by atomic mass is 32.1. The summed E-state index contributed by atoms with van der Waals surface area (Å²) in [5.41, 5.74) is 5.68. The van der Waals surface area contributed by atoms with Crippen LogP contribution in [0.3, 0.4) is 0 Å². The number of hydrogen-bond donors (Lipinski definition) is 0. The van der Waals surface area contributed by atoms with Gasteiger partial charge in [-0.05, 0) is 89.6 Å². The van der Waals surface area contributed by atoms with Crippen molar-refractivity contribution in [1.82, 2.24) is 14.3 Å². The molecule has 0 atom stereocenters. The predicted molar refractivity (Wildman–Crippen MR) is 132 cm³/mol. The van der Waals surface area contributed by atoms with E-state index in [1.165, 1.54) is 9.56 Å². The molecule has 0 unspecified atom stereocenters. The number of rotatable bonds is 5. The zero-order valence-electron chi connectivity index (χ0n) is 20.2. The van der Waals surface area contributed by atoms with E-state index in [0.29, 0.717) is 17.9 Å². The summed E-state index contributed by atoms with van der Waals surface area (Å²) < 4.78 is 8.73. The molecular formula is C26H28N4O3S. The maximum Gasteiger partial charge on any atom is 0.341 e. The number of esters is 1. The normalized spacial score (nSPS) is 13.5. The van der Waals surface area contributed by atoms with Crippen molar-refractivity contribution in [1.29, 1.82) is 5.26 Å². The minimum atomic E-state index is -0.461. The summed E-state index contributed by atoms with van der Waals surface area (Å²) in [6.45, 7) is 9.63. The van der Waals surface area contributed by atoms with Gasteiger partial charge in [0, 0.05) is 22.0 Å². The molecule has 1 aliphatic rings. The third kappa shape index (κ3) is 4.12. The second-order valence-corrected chi connectivity index (χ2v) is 9.67. The molecule has 7 nitrogen and oxygen atoms in total. The molecule has 0 bridgehead atoms. The van der Waals surface area contributed by atoms with E-state index >= 15 is 0 Å². The van der Waals surface area contributed by atoms with Crippen LogP contribution in [0.4, 0.5) is 0 Å². The summed E-state index contributed by atoms with van der Waals surface area (Å²) >= 11 is 1.64. The minimum Gasteiger partial charge on any atom is -0.462 e. The van der Waals surface area contributed by atoms with Gasteiger partial charge in [0.05, 0.1) is 17.9 Å². The summed E-state index contributed by atoms with van der Waals surface area (Å²) in [7, 11) is 0. The molecule has 0 saturated heterocycles. The van der Waals surface area contributed by atoms with Gasteiger partial charge in [0.25, 0.3) is 5.91 Å². The smallest absolute Gasteiger partial charge is 0.341 e. The first-order valence-electron chi connectivity index (χ1n) is 11.5. The van der Waals surface area contributed by atoms with Gasteiger partial charge in [-0.2, -0.15) is 10.4 Å². The SMILES string of the molecule is CCOC(=O)c1c(-n2c(C)cc(/C=C(\C#N)C(=O)n3nc(C)cc3C)c2C)sc2c1CCCC2. The molecule has 3 aromatic rings. The highest BCUT2D eigenvalue weighted by Gasteiger charge is 2.29. The molecule has 0 saturated carbocycles. The number of carbonyl (C=O) groups is 2. The third-order valence-electron chi connectivity index (χ3n) is 6.16. The van der Waals surface area contributed by atoms with Gasteiger partial charge in [-0.25, -0.2) is 9.48 Å². The lowest BCUT2D eigenvalue weighted by Gasteiger charge is -2.13. The van der Waals surface area contributed by atoms with Gasteiger partial charge < -0.3 is 9.30 Å². The molecule has 1 aliphatic carbocycles. The molecule has 3 heterocycles. The Balaban J connectivity index is 1.82. The number of ether oxygens (including phenoxy) is 1. The zero-order chi connectivity index (χ0) is 24.6. The maximum atomic E-state index is 13.0. The van der Waals surface area contributed by atoms with E-state index in [9.17, 15) is 14.9 Å². The molecule has 34 heavy (non-hydrogen) atoms. The van der Waals surface area contributed by atoms with Crippen molar-refractivity contribution in [3.8, 4) is 11.1 Å². The standard InChI is InChI=1S/C26H28N4O3S/c1-6-33-26(32)23-21-9-7-8-10-22(21)34-25(23)29-16(3)12-19(18(29)5)13-20(14-27)24(31)30-17(4)11-15(2)28-30/h11-13H,6-10H2,1-5H3/b20-13+. The lowest BCUT2D eigenvalue weighted by Crippen LogP contribution is -2.15. The number of carbonyl (C=O) groups excluding carboxylic acids is 2. The summed E-state index contributed by atoms with van der Waals surface area (Å²) in [5.74, 6) is -0.754. The van der Waals surface area contributed by atoms with Gasteiger partial charge in [0.15, 0.2) is 0 Å².